The van der Waals surface area contributed by atoms with E-state index in [1.165, 1.54) is 19.1 Å². The van der Waals surface area contributed by atoms with Crippen molar-refractivity contribution in [2.45, 2.75) is 23.5 Å². The number of hydrogen-bond donors (Lipinski definition) is 0. The van der Waals surface area contributed by atoms with Crippen LogP contribution in [0.4, 0.5) is 4.39 Å². The van der Waals surface area contributed by atoms with Crippen molar-refractivity contribution in [1.29, 1.82) is 0 Å². The van der Waals surface area contributed by atoms with Gasteiger partial charge in [0.2, 0.25) is 0 Å². The molecule has 0 amide bonds. The van der Waals surface area contributed by atoms with Gasteiger partial charge in [0.25, 0.3) is 0 Å². The summed E-state index contributed by atoms with van der Waals surface area (Å²) >= 11 is 0. The third-order valence-corrected chi connectivity index (χ3v) is 4.90. The largest absolute Gasteiger partial charge is 0.379 e. The Morgan fingerprint density at radius 1 is 1.44 bits per heavy atom. The molecule has 0 spiro atoms. The molecule has 98 valence electrons. The summed E-state index contributed by atoms with van der Waals surface area (Å²) in [6, 6.07) is 3.80. The average Bonchev–Trinajstić information content (AvgIpc) is 2.11. The Kier molecular flexibility index (Phi) is 3.49. The number of halogens is 1. The van der Waals surface area contributed by atoms with E-state index >= 15 is 0 Å². The molecule has 6 heteroatoms. The van der Waals surface area contributed by atoms with Crippen LogP contribution in [0.2, 0.25) is 0 Å². The first kappa shape index (κ1) is 13.2. The molecule has 0 atom stereocenters. The standard InChI is InChI=1S/C12H13FO4S/c1-8(14)4-9-2-3-12(11(13)5-9)18(15,16)10-6-17-7-10/h2-3,5,10H,4,6-7H2,1H3. The minimum atomic E-state index is -3.66. The summed E-state index contributed by atoms with van der Waals surface area (Å²) in [5.74, 6) is -0.905. The Labute approximate surface area is 105 Å². The summed E-state index contributed by atoms with van der Waals surface area (Å²) in [4.78, 5) is 10.6. The molecule has 0 bridgehead atoms. The third kappa shape index (κ3) is 2.44. The van der Waals surface area contributed by atoms with E-state index in [2.05, 4.69) is 0 Å². The van der Waals surface area contributed by atoms with E-state index in [0.717, 1.165) is 6.07 Å². The van der Waals surface area contributed by atoms with Crippen molar-refractivity contribution < 1.29 is 22.3 Å². The molecule has 1 aromatic carbocycles. The van der Waals surface area contributed by atoms with Gasteiger partial charge in [0.15, 0.2) is 9.84 Å². The first-order valence-corrected chi connectivity index (χ1v) is 7.05. The lowest BCUT2D eigenvalue weighted by molar-refractivity contribution is -0.116. The molecule has 18 heavy (non-hydrogen) atoms. The van der Waals surface area contributed by atoms with E-state index < -0.39 is 20.9 Å². The van der Waals surface area contributed by atoms with Gasteiger partial charge < -0.3 is 4.74 Å². The van der Waals surface area contributed by atoms with Gasteiger partial charge in [0.1, 0.15) is 21.7 Å². The van der Waals surface area contributed by atoms with Crippen LogP contribution in [0.5, 0.6) is 0 Å². The Morgan fingerprint density at radius 3 is 2.56 bits per heavy atom. The van der Waals surface area contributed by atoms with Gasteiger partial charge in [0.05, 0.1) is 13.2 Å². The van der Waals surface area contributed by atoms with Gasteiger partial charge in [-0.2, -0.15) is 0 Å². The molecule has 0 saturated carbocycles. The van der Waals surface area contributed by atoms with Crippen LogP contribution >= 0.6 is 0 Å². The number of carbonyl (C=O) groups is 1. The van der Waals surface area contributed by atoms with Crippen LogP contribution in [0.3, 0.4) is 0 Å². The Morgan fingerprint density at radius 2 is 2.11 bits per heavy atom. The molecule has 1 fully saturated rings. The SMILES string of the molecule is CC(=O)Cc1ccc(S(=O)(=O)C2COC2)c(F)c1. The third-order valence-electron chi connectivity index (χ3n) is 2.80. The summed E-state index contributed by atoms with van der Waals surface area (Å²) < 4.78 is 42.6. The molecule has 2 rings (SSSR count). The first-order chi connectivity index (χ1) is 8.41. The van der Waals surface area contributed by atoms with Crippen molar-refractivity contribution in [3.05, 3.63) is 29.6 Å². The van der Waals surface area contributed by atoms with Gasteiger partial charge in [-0.05, 0) is 24.6 Å². The minimum absolute atomic E-state index is 0.0996. The minimum Gasteiger partial charge on any atom is -0.379 e. The second kappa shape index (κ2) is 4.78. The lowest BCUT2D eigenvalue weighted by Gasteiger charge is -2.25. The fourth-order valence-electron chi connectivity index (χ4n) is 1.75. The van der Waals surface area contributed by atoms with Crippen LogP contribution < -0.4 is 0 Å². The highest BCUT2D eigenvalue weighted by Gasteiger charge is 2.35. The van der Waals surface area contributed by atoms with E-state index in [4.69, 9.17) is 4.74 Å². The van der Waals surface area contributed by atoms with E-state index in [-0.39, 0.29) is 30.3 Å². The highest BCUT2D eigenvalue weighted by molar-refractivity contribution is 7.92. The molecular formula is C12H13FO4S. The van der Waals surface area contributed by atoms with Crippen LogP contribution in [0.15, 0.2) is 23.1 Å². The second-order valence-electron chi connectivity index (χ2n) is 4.35. The lowest BCUT2D eigenvalue weighted by Crippen LogP contribution is -2.40. The van der Waals surface area contributed by atoms with Crippen LogP contribution in [-0.2, 0) is 25.8 Å². The number of ether oxygens (including phenoxy) is 1. The molecular weight excluding hydrogens is 259 g/mol. The monoisotopic (exact) mass is 272 g/mol. The summed E-state index contributed by atoms with van der Waals surface area (Å²) in [6.07, 6.45) is 0.101. The molecule has 1 aliphatic rings. The quantitative estimate of drug-likeness (QED) is 0.824. The van der Waals surface area contributed by atoms with Gasteiger partial charge in [-0.1, -0.05) is 6.07 Å². The maximum atomic E-state index is 13.8. The highest BCUT2D eigenvalue weighted by atomic mass is 32.2. The molecule has 1 heterocycles. The average molecular weight is 272 g/mol. The fourth-order valence-corrected chi connectivity index (χ4v) is 3.24. The molecule has 0 aliphatic carbocycles. The van der Waals surface area contributed by atoms with E-state index in [9.17, 15) is 17.6 Å². The summed E-state index contributed by atoms with van der Waals surface area (Å²) in [5, 5.41) is -0.661. The number of benzene rings is 1. The van der Waals surface area contributed by atoms with E-state index in [1.54, 1.807) is 0 Å². The molecule has 0 radical (unpaired) electrons. The predicted molar refractivity (Wildman–Crippen MR) is 62.6 cm³/mol. The van der Waals surface area contributed by atoms with Crippen molar-refractivity contribution in [2.24, 2.45) is 0 Å². The van der Waals surface area contributed by atoms with Crippen molar-refractivity contribution in [3.63, 3.8) is 0 Å². The first-order valence-electron chi connectivity index (χ1n) is 5.51. The zero-order valence-corrected chi connectivity index (χ0v) is 10.7. The smallest absolute Gasteiger partial charge is 0.188 e. The maximum Gasteiger partial charge on any atom is 0.188 e. The van der Waals surface area contributed by atoms with Crippen LogP contribution in [-0.4, -0.2) is 32.7 Å². The summed E-state index contributed by atoms with van der Waals surface area (Å²) in [6.45, 7) is 1.61. The summed E-state index contributed by atoms with van der Waals surface area (Å²) in [5.41, 5.74) is 0.476. The molecule has 0 N–H and O–H groups in total. The van der Waals surface area contributed by atoms with Gasteiger partial charge in [0, 0.05) is 6.42 Å². The maximum absolute atomic E-state index is 13.8. The van der Waals surface area contributed by atoms with E-state index in [1.807, 2.05) is 0 Å². The van der Waals surface area contributed by atoms with Crippen molar-refractivity contribution >= 4 is 15.6 Å². The molecule has 0 unspecified atom stereocenters. The zero-order valence-electron chi connectivity index (χ0n) is 9.85. The number of rotatable bonds is 4. The molecule has 0 aromatic heterocycles. The van der Waals surface area contributed by atoms with Crippen molar-refractivity contribution in [2.75, 3.05) is 13.2 Å². The second-order valence-corrected chi connectivity index (χ2v) is 6.54. The van der Waals surface area contributed by atoms with Crippen molar-refractivity contribution in [1.82, 2.24) is 0 Å². The number of ketones is 1. The topological polar surface area (TPSA) is 60.4 Å². The Hall–Kier alpha value is -1.27. The molecule has 4 nitrogen and oxygen atoms in total. The zero-order chi connectivity index (χ0) is 13.3. The Balaban J connectivity index is 2.32. The van der Waals surface area contributed by atoms with Gasteiger partial charge in [-0.3, -0.25) is 4.79 Å². The lowest BCUT2D eigenvalue weighted by atomic mass is 10.1. The fraction of sp³-hybridized carbons (Fsp3) is 0.417. The van der Waals surface area contributed by atoms with Crippen molar-refractivity contribution in [3.8, 4) is 0 Å². The number of Topliss-reactive ketones (excluding diaryl/α,β-unsaturated/α-hetero) is 1. The van der Waals surface area contributed by atoms with Gasteiger partial charge in [-0.25, -0.2) is 12.8 Å². The van der Waals surface area contributed by atoms with Gasteiger partial charge >= 0.3 is 0 Å². The van der Waals surface area contributed by atoms with Crippen LogP contribution in [0.25, 0.3) is 0 Å². The highest BCUT2D eigenvalue weighted by Crippen LogP contribution is 2.24. The van der Waals surface area contributed by atoms with Gasteiger partial charge in [-0.15, -0.1) is 0 Å². The molecule has 1 aliphatic heterocycles. The Bertz CT molecular complexity index is 576. The molecule has 1 aromatic rings. The molecule has 1 saturated heterocycles. The predicted octanol–water partition coefficient (Wildman–Crippen LogP) is 1.13. The van der Waals surface area contributed by atoms with Crippen LogP contribution in [0, 0.1) is 5.82 Å². The van der Waals surface area contributed by atoms with E-state index in [0.29, 0.717) is 5.56 Å². The number of sulfone groups is 1. The normalized spacial score (nSPS) is 16.3. The van der Waals surface area contributed by atoms with Crippen LogP contribution in [0.1, 0.15) is 12.5 Å². The number of hydrogen-bond acceptors (Lipinski definition) is 4. The number of carbonyl (C=O) groups excluding carboxylic acids is 1. The summed E-state index contributed by atoms with van der Waals surface area (Å²) in [7, 11) is -3.66.